The third-order valence-electron chi connectivity index (χ3n) is 10.9. The van der Waals surface area contributed by atoms with Gasteiger partial charge in [-0.05, 0) is 55.8 Å². The summed E-state index contributed by atoms with van der Waals surface area (Å²) in [7, 11) is -2.34. The standard InChI is InChI=1S/C35H58N6O6S/c1-8-10-15-25(27(42)30(44)36-20-9-2)37-29(43)26-24(23(3)4)16-21-41(26)31(45)28(33(5,6)7)38-32(46)39-34(17-12-11-13-18-34)35-19-14-22-48(35,47)40-35/h9,23-26,28H,2,8,10-22H2,1,3-7H3,(H,36,44)(H,37,43)(H2,38,39,46)/t24-,25+,26+,28-,35+,48?/m1/s1. The van der Waals surface area contributed by atoms with Gasteiger partial charge in [0.25, 0.3) is 5.91 Å². The van der Waals surface area contributed by atoms with Crippen LogP contribution in [-0.2, 0) is 28.9 Å². The number of fused-ring (bicyclic) bond motifs is 1. The lowest BCUT2D eigenvalue weighted by molar-refractivity contribution is -0.144. The zero-order chi connectivity index (χ0) is 35.5. The van der Waals surface area contributed by atoms with Crippen molar-refractivity contribution in [2.24, 2.45) is 21.6 Å². The summed E-state index contributed by atoms with van der Waals surface area (Å²) in [5, 5.41) is 11.5. The highest BCUT2D eigenvalue weighted by molar-refractivity contribution is 8.00. The second-order valence-electron chi connectivity index (χ2n) is 15.6. The van der Waals surface area contributed by atoms with Gasteiger partial charge in [-0.25, -0.2) is 13.4 Å². The molecule has 4 N–H and O–H groups in total. The number of carbonyl (C=O) groups is 5. The van der Waals surface area contributed by atoms with Crippen LogP contribution in [0.3, 0.4) is 0 Å². The lowest BCUT2D eigenvalue weighted by Crippen LogP contribution is -2.66. The summed E-state index contributed by atoms with van der Waals surface area (Å²) in [6, 6.07) is -3.37. The van der Waals surface area contributed by atoms with Gasteiger partial charge in [-0.15, -0.1) is 6.58 Å². The summed E-state index contributed by atoms with van der Waals surface area (Å²) < 4.78 is 18.1. The quantitative estimate of drug-likeness (QED) is 0.160. The van der Waals surface area contributed by atoms with Crippen molar-refractivity contribution in [3.8, 4) is 0 Å². The fraction of sp³-hybridized carbons (Fsp3) is 0.800. The molecule has 13 heteroatoms. The van der Waals surface area contributed by atoms with E-state index in [2.05, 4.69) is 32.2 Å². The molecule has 2 saturated heterocycles. The molecule has 0 aromatic rings. The van der Waals surface area contributed by atoms with Crippen LogP contribution >= 0.6 is 0 Å². The molecule has 5 amide bonds. The van der Waals surface area contributed by atoms with Gasteiger partial charge in [-0.2, -0.15) is 0 Å². The van der Waals surface area contributed by atoms with Crippen LogP contribution in [0, 0.1) is 17.3 Å². The first-order valence-corrected chi connectivity index (χ1v) is 19.6. The van der Waals surface area contributed by atoms with Crippen molar-refractivity contribution >= 4 is 39.3 Å². The first-order chi connectivity index (χ1) is 22.6. The molecule has 3 heterocycles. The van der Waals surface area contributed by atoms with Crippen molar-refractivity contribution in [3.63, 3.8) is 0 Å². The van der Waals surface area contributed by atoms with Gasteiger partial charge >= 0.3 is 6.03 Å². The molecule has 270 valence electrons. The predicted molar refractivity (Wildman–Crippen MR) is 186 cm³/mol. The van der Waals surface area contributed by atoms with Crippen LogP contribution in [-0.4, -0.2) is 86.0 Å². The van der Waals surface area contributed by atoms with Crippen molar-refractivity contribution in [2.75, 3.05) is 18.8 Å². The van der Waals surface area contributed by atoms with Crippen molar-refractivity contribution in [1.82, 2.24) is 26.2 Å². The number of hydrogen-bond donors (Lipinski definition) is 4. The van der Waals surface area contributed by atoms with Crippen LogP contribution in [0.2, 0.25) is 0 Å². The molecule has 1 unspecified atom stereocenters. The van der Waals surface area contributed by atoms with E-state index >= 15 is 0 Å². The van der Waals surface area contributed by atoms with E-state index in [1.807, 2.05) is 41.5 Å². The SMILES string of the molecule is C=CCNC(=O)C(=O)[C@H](CCCC)NC(=O)[C@@H]1[C@@H](C(C)C)CCN1C(=O)[C@@H](NC(=O)NC1([C@]23CCCS2(=O)=N3)CCCCC1)C(C)(C)C. The summed E-state index contributed by atoms with van der Waals surface area (Å²) >= 11 is 0. The van der Waals surface area contributed by atoms with Crippen LogP contribution in [0.25, 0.3) is 0 Å². The Labute approximate surface area is 286 Å². The molecule has 12 nitrogen and oxygen atoms in total. The highest BCUT2D eigenvalue weighted by Gasteiger charge is 2.70. The fourth-order valence-electron chi connectivity index (χ4n) is 8.19. The number of ketones is 1. The second-order valence-corrected chi connectivity index (χ2v) is 18.2. The molecule has 4 aliphatic rings. The van der Waals surface area contributed by atoms with Gasteiger partial charge < -0.3 is 26.2 Å². The topological polar surface area (TPSA) is 166 Å². The molecule has 1 saturated carbocycles. The van der Waals surface area contributed by atoms with Crippen molar-refractivity contribution < 1.29 is 28.2 Å². The number of hydrogen-bond acceptors (Lipinski definition) is 7. The van der Waals surface area contributed by atoms with E-state index < -0.39 is 67.3 Å². The smallest absolute Gasteiger partial charge is 0.316 e. The van der Waals surface area contributed by atoms with Gasteiger partial charge in [-0.1, -0.05) is 79.7 Å². The molecular weight excluding hydrogens is 632 g/mol. The lowest BCUT2D eigenvalue weighted by Gasteiger charge is -2.43. The maximum Gasteiger partial charge on any atom is 0.316 e. The van der Waals surface area contributed by atoms with Crippen LogP contribution in [0.1, 0.15) is 112 Å². The highest BCUT2D eigenvalue weighted by Crippen LogP contribution is 2.58. The summed E-state index contributed by atoms with van der Waals surface area (Å²) in [6.45, 7) is 15.6. The molecular formula is C35H58N6O6S. The van der Waals surface area contributed by atoms with Gasteiger partial charge in [-0.3, -0.25) is 19.2 Å². The zero-order valence-electron chi connectivity index (χ0n) is 29.8. The van der Waals surface area contributed by atoms with Crippen LogP contribution in [0.4, 0.5) is 4.79 Å². The zero-order valence-corrected chi connectivity index (χ0v) is 30.6. The molecule has 0 bridgehead atoms. The highest BCUT2D eigenvalue weighted by atomic mass is 32.2. The minimum atomic E-state index is -2.34. The number of nitrogens with one attached hydrogen (secondary N) is 4. The summed E-state index contributed by atoms with van der Waals surface area (Å²) in [5.41, 5.74) is -1.41. The molecule has 3 aliphatic heterocycles. The Bertz CT molecular complexity index is 1390. The lowest BCUT2D eigenvalue weighted by atomic mass is 9.75. The number of unbranched alkanes of at least 4 members (excludes halogenated alkanes) is 1. The monoisotopic (exact) mass is 690 g/mol. The van der Waals surface area contributed by atoms with Gasteiger partial charge in [0.15, 0.2) is 4.87 Å². The predicted octanol–water partition coefficient (Wildman–Crippen LogP) is 3.79. The van der Waals surface area contributed by atoms with Gasteiger partial charge in [0.05, 0.1) is 21.3 Å². The number of nitrogens with zero attached hydrogens (tertiary/aromatic N) is 2. The minimum absolute atomic E-state index is 0.0533. The number of urea groups is 1. The van der Waals surface area contributed by atoms with Gasteiger partial charge in [0.2, 0.25) is 17.6 Å². The van der Waals surface area contributed by atoms with Crippen LogP contribution in [0.5, 0.6) is 0 Å². The van der Waals surface area contributed by atoms with E-state index in [-0.39, 0.29) is 24.3 Å². The molecule has 0 radical (unpaired) electrons. The average Bonchev–Trinajstić information content (AvgIpc) is 3.30. The van der Waals surface area contributed by atoms with Crippen molar-refractivity contribution in [3.05, 3.63) is 12.7 Å². The number of rotatable bonds is 14. The van der Waals surface area contributed by atoms with Gasteiger partial charge in [0, 0.05) is 18.8 Å². The minimum Gasteiger partial charge on any atom is -0.346 e. The van der Waals surface area contributed by atoms with E-state index in [4.69, 9.17) is 0 Å². The number of likely N-dealkylation sites (tertiary alicyclic amines) is 1. The fourth-order valence-corrected chi connectivity index (χ4v) is 11.4. The third kappa shape index (κ3) is 7.45. The number of carbonyl (C=O) groups excluding carboxylic acids is 5. The third-order valence-corrected chi connectivity index (χ3v) is 13.9. The molecule has 0 spiro atoms. The molecule has 48 heavy (non-hydrogen) atoms. The Balaban J connectivity index is 1.55. The van der Waals surface area contributed by atoms with Gasteiger partial charge in [0.1, 0.15) is 12.1 Å². The molecule has 0 aromatic carbocycles. The summed E-state index contributed by atoms with van der Waals surface area (Å²) in [6.07, 6.45) is 9.54. The molecule has 6 atom stereocenters. The Kier molecular flexibility index (Phi) is 11.7. The van der Waals surface area contributed by atoms with E-state index in [9.17, 15) is 28.2 Å². The summed E-state index contributed by atoms with van der Waals surface area (Å²) in [4.78, 5) is 68.9. The Hall–Kier alpha value is -2.96. The van der Waals surface area contributed by atoms with Crippen LogP contribution in [0.15, 0.2) is 17.0 Å². The van der Waals surface area contributed by atoms with Crippen molar-refractivity contribution in [1.29, 1.82) is 0 Å². The van der Waals surface area contributed by atoms with E-state index in [0.717, 1.165) is 32.1 Å². The second kappa shape index (κ2) is 14.9. The Morgan fingerprint density at radius 3 is 2.27 bits per heavy atom. The summed E-state index contributed by atoms with van der Waals surface area (Å²) in [5.74, 6) is -1.94. The number of amides is 5. The molecule has 1 aliphatic carbocycles. The largest absolute Gasteiger partial charge is 0.346 e. The van der Waals surface area contributed by atoms with E-state index in [1.54, 1.807) is 4.90 Å². The molecule has 4 rings (SSSR count). The van der Waals surface area contributed by atoms with E-state index in [1.165, 1.54) is 6.08 Å². The van der Waals surface area contributed by atoms with Crippen LogP contribution < -0.4 is 21.3 Å². The Morgan fingerprint density at radius 1 is 1.04 bits per heavy atom. The normalized spacial score (nSPS) is 28.8. The maximum atomic E-state index is 14.5. The maximum absolute atomic E-state index is 14.5. The Morgan fingerprint density at radius 2 is 1.73 bits per heavy atom. The van der Waals surface area contributed by atoms with E-state index in [0.29, 0.717) is 50.8 Å². The first-order valence-electron chi connectivity index (χ1n) is 17.9. The first kappa shape index (κ1) is 37.9. The number of Topliss-reactive ketones (excluding diaryl/α,β-unsaturated/α-hetero) is 1. The molecule has 3 fully saturated rings. The molecule has 0 aromatic heterocycles. The van der Waals surface area contributed by atoms with Crippen molar-refractivity contribution in [2.45, 2.75) is 141 Å². The average molecular weight is 691 g/mol.